The Morgan fingerprint density at radius 2 is 1.09 bits per heavy atom. The Morgan fingerprint density at radius 1 is 0.672 bits per heavy atom. The number of carbonyl (C=O) groups excluding carboxylic acids is 2. The lowest BCUT2D eigenvalue weighted by atomic mass is 9.93. The molecule has 2 saturated heterocycles. The molecule has 4 fully saturated rings. The molecule has 0 spiro atoms. The van der Waals surface area contributed by atoms with Crippen LogP contribution >= 0.6 is 0 Å². The summed E-state index contributed by atoms with van der Waals surface area (Å²) < 4.78 is 45.3. The fourth-order valence-corrected chi connectivity index (χ4v) is 8.39. The summed E-state index contributed by atoms with van der Waals surface area (Å²) in [6.45, 7) is 7.87. The number of aliphatic hydroxyl groups excluding tert-OH is 1. The molecule has 2 aromatic heterocycles. The Balaban J connectivity index is 0.000000191. The number of rotatable bonds is 18. The van der Waals surface area contributed by atoms with Gasteiger partial charge in [0.25, 0.3) is 0 Å². The molecule has 4 aliphatic rings. The van der Waals surface area contributed by atoms with E-state index in [-0.39, 0.29) is 67.6 Å². The maximum Gasteiger partial charge on any atom is 0.231 e. The smallest absolute Gasteiger partial charge is 0.231 e. The predicted molar refractivity (Wildman–Crippen MR) is 240 cm³/mol. The molecule has 18 heteroatoms. The van der Waals surface area contributed by atoms with E-state index in [2.05, 4.69) is 67.0 Å². The van der Waals surface area contributed by atoms with Crippen molar-refractivity contribution in [3.8, 4) is 0 Å². The van der Waals surface area contributed by atoms with Crippen LogP contribution in [-0.4, -0.2) is 123 Å². The van der Waals surface area contributed by atoms with Crippen LogP contribution in [0.2, 0.25) is 0 Å². The molecule has 2 amide bonds. The van der Waals surface area contributed by atoms with E-state index in [1.165, 1.54) is 23.8 Å². The number of amides is 2. The Kier molecular flexibility index (Phi) is 15.5. The molecule has 0 bridgehead atoms. The number of aryl methyl sites for hydroxylation is 2. The van der Waals surface area contributed by atoms with E-state index in [9.17, 15) is 19.1 Å². The van der Waals surface area contributed by atoms with Gasteiger partial charge >= 0.3 is 0 Å². The summed E-state index contributed by atoms with van der Waals surface area (Å²) in [5, 5.41) is 16.5. The van der Waals surface area contributed by atoms with Crippen molar-refractivity contribution in [3.05, 3.63) is 95.1 Å². The minimum absolute atomic E-state index is 0.0580. The molecule has 0 unspecified atom stereocenters. The molecule has 4 atom stereocenters. The van der Waals surface area contributed by atoms with Gasteiger partial charge in [0.2, 0.25) is 23.4 Å². The maximum atomic E-state index is 15.4. The van der Waals surface area contributed by atoms with Crippen molar-refractivity contribution in [2.75, 3.05) is 72.8 Å². The lowest BCUT2D eigenvalue weighted by Gasteiger charge is -2.35. The third-order valence-electron chi connectivity index (χ3n) is 12.4. The normalized spacial score (nSPS) is 21.3. The molecule has 344 valence electrons. The monoisotopic (exact) mass is 886 g/mol. The standard InChI is InChI=1S/C23H30F2N6O.C23H31FN6O2/c1-15-2-4-16(5-3-15)11-31(18-6-7-18)23-21(25)22(28-14-29-23)27-10-17-8-9-30(12-19(17)24)13-20(26)32;1-15-2-4-16(5-3-15)11-30(18-6-7-18)23-21(24)22(27-14-28-23)26-10-17-8-9-29(12-19(17)31)13-20(25)32/h2-5,14,17-19H,6-13H2,1H3,(H2,26,32)(H,27,28,29);2-5,14,17-19,31H,6-13H2,1H3,(H2,25,32)(H,26,27,28)/t2*17-,19+/m11/s1. The molecule has 2 saturated carbocycles. The van der Waals surface area contributed by atoms with Crippen molar-refractivity contribution in [3.63, 3.8) is 0 Å². The number of alkyl halides is 1. The number of primary amides is 2. The van der Waals surface area contributed by atoms with Crippen LogP contribution in [0.5, 0.6) is 0 Å². The minimum atomic E-state index is -1.12. The number of anilines is 4. The van der Waals surface area contributed by atoms with E-state index in [1.54, 1.807) is 4.90 Å². The van der Waals surface area contributed by atoms with Crippen molar-refractivity contribution in [1.29, 1.82) is 0 Å². The van der Waals surface area contributed by atoms with E-state index >= 15 is 8.78 Å². The van der Waals surface area contributed by atoms with Crippen LogP contribution in [0, 0.1) is 37.3 Å². The first-order valence-electron chi connectivity index (χ1n) is 22.3. The Hall–Kier alpha value is -5.59. The minimum Gasteiger partial charge on any atom is -0.391 e. The molecule has 0 radical (unpaired) electrons. The SMILES string of the molecule is Cc1ccc(CN(c2ncnc(NC[C@H]3CCN(CC(N)=O)C[C@@H]3F)c2F)C2CC2)cc1.Cc1ccc(CN(c2ncnc(NC[C@H]3CCN(CC(N)=O)C[C@@H]3O)c2F)C2CC2)cc1. The van der Waals surface area contributed by atoms with Gasteiger partial charge in [0.15, 0.2) is 23.3 Å². The highest BCUT2D eigenvalue weighted by Crippen LogP contribution is 2.36. The van der Waals surface area contributed by atoms with Gasteiger partial charge in [0.05, 0.1) is 19.2 Å². The van der Waals surface area contributed by atoms with Crippen molar-refractivity contribution < 1.29 is 27.9 Å². The lowest BCUT2D eigenvalue weighted by Crippen LogP contribution is -2.48. The maximum absolute atomic E-state index is 15.4. The summed E-state index contributed by atoms with van der Waals surface area (Å²) in [4.78, 5) is 46.4. The number of nitrogens with two attached hydrogens (primary N) is 2. The van der Waals surface area contributed by atoms with Crippen molar-refractivity contribution in [2.24, 2.45) is 23.3 Å². The average Bonchev–Trinajstić information content (AvgIpc) is 4.20. The van der Waals surface area contributed by atoms with Crippen LogP contribution in [0.15, 0.2) is 61.2 Å². The molecular weight excluding hydrogens is 826 g/mol. The van der Waals surface area contributed by atoms with Gasteiger partial charge in [0, 0.05) is 63.2 Å². The number of piperidine rings is 2. The first-order chi connectivity index (χ1) is 30.8. The van der Waals surface area contributed by atoms with Gasteiger partial charge in [0.1, 0.15) is 18.8 Å². The van der Waals surface area contributed by atoms with Crippen LogP contribution < -0.4 is 31.9 Å². The van der Waals surface area contributed by atoms with Crippen LogP contribution in [-0.2, 0) is 22.7 Å². The van der Waals surface area contributed by atoms with E-state index in [1.807, 2.05) is 40.7 Å². The summed E-state index contributed by atoms with van der Waals surface area (Å²) in [5.41, 5.74) is 15.0. The third kappa shape index (κ3) is 12.8. The number of aliphatic hydroxyl groups is 1. The predicted octanol–water partition coefficient (Wildman–Crippen LogP) is 4.32. The number of aromatic nitrogens is 4. The summed E-state index contributed by atoms with van der Waals surface area (Å²) in [7, 11) is 0. The van der Waals surface area contributed by atoms with E-state index in [0.29, 0.717) is 57.9 Å². The number of nitrogens with one attached hydrogen (secondary N) is 2. The number of nitrogens with zero attached hydrogens (tertiary/aromatic N) is 8. The van der Waals surface area contributed by atoms with Gasteiger partial charge in [-0.1, -0.05) is 59.7 Å². The summed E-state index contributed by atoms with van der Waals surface area (Å²) in [5.74, 6) is -1.37. The second-order valence-electron chi connectivity index (χ2n) is 17.8. The highest BCUT2D eigenvalue weighted by atomic mass is 19.1. The average molecular weight is 887 g/mol. The summed E-state index contributed by atoms with van der Waals surface area (Å²) in [6, 6.07) is 17.0. The zero-order chi connectivity index (χ0) is 45.3. The second-order valence-corrected chi connectivity index (χ2v) is 17.8. The van der Waals surface area contributed by atoms with Gasteiger partial charge in [-0.15, -0.1) is 0 Å². The fraction of sp³-hybridized carbons (Fsp3) is 0.522. The first-order valence-corrected chi connectivity index (χ1v) is 22.3. The number of β-amino-alcohol motifs (C(OH)–C–C–N with tert-alkyl or cyclic N) is 1. The van der Waals surface area contributed by atoms with Gasteiger partial charge in [-0.25, -0.2) is 24.3 Å². The molecule has 64 heavy (non-hydrogen) atoms. The number of hydrogen-bond acceptors (Lipinski definition) is 13. The van der Waals surface area contributed by atoms with E-state index in [4.69, 9.17) is 11.5 Å². The Morgan fingerprint density at radius 3 is 1.50 bits per heavy atom. The zero-order valence-corrected chi connectivity index (χ0v) is 36.7. The quantitative estimate of drug-likeness (QED) is 0.0950. The summed E-state index contributed by atoms with van der Waals surface area (Å²) >= 11 is 0. The zero-order valence-electron chi connectivity index (χ0n) is 36.7. The van der Waals surface area contributed by atoms with Gasteiger partial charge in [-0.3, -0.25) is 19.4 Å². The molecule has 7 N–H and O–H groups in total. The second kappa shape index (κ2) is 21.4. The van der Waals surface area contributed by atoms with E-state index in [0.717, 1.165) is 36.8 Å². The molecule has 15 nitrogen and oxygen atoms in total. The van der Waals surface area contributed by atoms with Gasteiger partial charge in [-0.05, 0) is 76.6 Å². The number of benzene rings is 2. The molecule has 8 rings (SSSR count). The molecule has 4 heterocycles. The highest BCUT2D eigenvalue weighted by Gasteiger charge is 2.35. The molecule has 2 aliphatic heterocycles. The largest absolute Gasteiger partial charge is 0.391 e. The fourth-order valence-electron chi connectivity index (χ4n) is 8.39. The van der Waals surface area contributed by atoms with Crippen LogP contribution in [0.3, 0.4) is 0 Å². The van der Waals surface area contributed by atoms with Crippen molar-refractivity contribution in [2.45, 2.75) is 89.8 Å². The Labute approximate surface area is 372 Å². The number of halogens is 3. The first kappa shape index (κ1) is 46.4. The number of likely N-dealkylation sites (tertiary alicyclic amines) is 2. The van der Waals surface area contributed by atoms with Crippen molar-refractivity contribution in [1.82, 2.24) is 29.7 Å². The van der Waals surface area contributed by atoms with Gasteiger partial charge in [-0.2, -0.15) is 8.78 Å². The highest BCUT2D eigenvalue weighted by molar-refractivity contribution is 5.76. The van der Waals surface area contributed by atoms with Gasteiger partial charge < -0.3 is 37.0 Å². The Bertz CT molecular complexity index is 2030. The molecular formula is C46H61F3N12O3. The van der Waals surface area contributed by atoms with Crippen LogP contribution in [0.25, 0.3) is 0 Å². The molecule has 2 aromatic carbocycles. The molecule has 4 aromatic rings. The summed E-state index contributed by atoms with van der Waals surface area (Å²) in [6.07, 6.45) is 6.30. The molecule has 2 aliphatic carbocycles. The lowest BCUT2D eigenvalue weighted by molar-refractivity contribution is -0.120. The van der Waals surface area contributed by atoms with Crippen molar-refractivity contribution >= 4 is 35.1 Å². The number of carbonyl (C=O) groups is 2. The third-order valence-corrected chi connectivity index (χ3v) is 12.4. The number of hydrogen-bond donors (Lipinski definition) is 5. The van der Waals surface area contributed by atoms with Crippen LogP contribution in [0.4, 0.5) is 36.4 Å². The van der Waals surface area contributed by atoms with E-state index < -0.39 is 35.7 Å². The van der Waals surface area contributed by atoms with Crippen LogP contribution in [0.1, 0.15) is 60.8 Å². The topological polar surface area (TPSA) is 195 Å².